The summed E-state index contributed by atoms with van der Waals surface area (Å²) in [7, 11) is -3.56. The van der Waals surface area contributed by atoms with E-state index in [4.69, 9.17) is 0 Å². The molecule has 4 rings (SSSR count). The topological polar surface area (TPSA) is 87.6 Å². The Balaban J connectivity index is 1.43. The summed E-state index contributed by atoms with van der Waals surface area (Å²) in [4.78, 5) is 19.3. The van der Waals surface area contributed by atoms with Gasteiger partial charge in [-0.1, -0.05) is 32.0 Å². The van der Waals surface area contributed by atoms with Crippen LogP contribution in [0, 0.1) is 11.3 Å². The Morgan fingerprint density at radius 3 is 2.48 bits per heavy atom. The van der Waals surface area contributed by atoms with Crippen molar-refractivity contribution in [1.82, 2.24) is 9.88 Å². The van der Waals surface area contributed by atoms with E-state index < -0.39 is 9.84 Å². The summed E-state index contributed by atoms with van der Waals surface area (Å²) in [5.41, 5.74) is 3.25. The first-order valence-electron chi connectivity index (χ1n) is 11.3. The van der Waals surface area contributed by atoms with Crippen LogP contribution in [0.4, 0.5) is 0 Å². The molecule has 6 nitrogen and oxygen atoms in total. The van der Waals surface area contributed by atoms with Crippen LogP contribution >= 0.6 is 11.3 Å². The van der Waals surface area contributed by atoms with Crippen molar-refractivity contribution in [3.05, 3.63) is 59.1 Å². The Hall–Kier alpha value is -2.29. The number of para-hydroxylation sites is 1. The van der Waals surface area contributed by atoms with Crippen LogP contribution in [-0.4, -0.2) is 49.0 Å². The molecule has 33 heavy (non-hydrogen) atoms. The second-order valence-corrected chi connectivity index (χ2v) is 12.3. The Morgan fingerprint density at radius 1 is 1.15 bits per heavy atom. The van der Waals surface area contributed by atoms with Crippen LogP contribution in [0.5, 0.6) is 0 Å². The van der Waals surface area contributed by atoms with Gasteiger partial charge in [0.05, 0.1) is 26.4 Å². The zero-order valence-electron chi connectivity index (χ0n) is 19.0. The number of rotatable bonds is 7. The molecule has 1 amide bonds. The second kappa shape index (κ2) is 9.52. The van der Waals surface area contributed by atoms with E-state index in [1.165, 1.54) is 11.3 Å². The van der Waals surface area contributed by atoms with Crippen LogP contribution in [0.3, 0.4) is 0 Å². The van der Waals surface area contributed by atoms with Gasteiger partial charge < -0.3 is 10.0 Å². The molecule has 2 aromatic carbocycles. The third-order valence-electron chi connectivity index (χ3n) is 6.50. The molecule has 0 saturated carbocycles. The zero-order chi connectivity index (χ0) is 23.6. The maximum Gasteiger partial charge on any atom is 0.253 e. The van der Waals surface area contributed by atoms with Crippen molar-refractivity contribution < 1.29 is 18.3 Å². The number of hydrogen-bond donors (Lipinski definition) is 1. The number of piperidine rings is 1. The fourth-order valence-electron chi connectivity index (χ4n) is 4.81. The Bertz CT molecular complexity index is 1220. The van der Waals surface area contributed by atoms with Gasteiger partial charge in [0.2, 0.25) is 0 Å². The third-order valence-corrected chi connectivity index (χ3v) is 9.01. The maximum absolute atomic E-state index is 13.0. The molecule has 0 unspecified atom stereocenters. The molecule has 0 atom stereocenters. The largest absolute Gasteiger partial charge is 0.396 e. The summed E-state index contributed by atoms with van der Waals surface area (Å²) in [6, 6.07) is 12.0. The number of aliphatic hydroxyl groups is 1. The molecule has 1 aliphatic heterocycles. The molecule has 2 heterocycles. The number of amides is 1. The van der Waals surface area contributed by atoms with Gasteiger partial charge >= 0.3 is 0 Å². The molecule has 0 aliphatic carbocycles. The van der Waals surface area contributed by atoms with Crippen molar-refractivity contribution >= 4 is 37.3 Å². The average Bonchev–Trinajstić information content (AvgIpc) is 3.28. The SMILES string of the molecule is CC(C)CC1(CO)CCN(C(=O)c2ccc(CS(=O)(=O)c3cccc4scnc34)cc2)CC1. The van der Waals surface area contributed by atoms with Gasteiger partial charge in [-0.3, -0.25) is 4.79 Å². The van der Waals surface area contributed by atoms with E-state index in [-0.39, 0.29) is 28.6 Å². The number of nitrogens with zero attached hydrogens (tertiary/aromatic N) is 2. The van der Waals surface area contributed by atoms with E-state index in [0.29, 0.717) is 35.7 Å². The maximum atomic E-state index is 13.0. The normalized spacial score (nSPS) is 16.4. The number of thiazole rings is 1. The Kier molecular flexibility index (Phi) is 6.88. The number of aliphatic hydroxyl groups excluding tert-OH is 1. The molecule has 0 bridgehead atoms. The van der Waals surface area contributed by atoms with Crippen molar-refractivity contribution in [2.24, 2.45) is 11.3 Å². The lowest BCUT2D eigenvalue weighted by molar-refractivity contribution is 0.0247. The standard InChI is InChI=1S/C25H30N2O4S2/c1-18(2)14-25(16-28)10-12-27(13-11-25)24(29)20-8-6-19(7-9-20)15-33(30,31)22-5-3-4-21-23(22)26-17-32-21/h3-9,17-18,28H,10-16H2,1-2H3. The molecule has 176 valence electrons. The van der Waals surface area contributed by atoms with Gasteiger partial charge in [-0.15, -0.1) is 11.3 Å². The smallest absolute Gasteiger partial charge is 0.253 e. The first kappa shape index (κ1) is 23.9. The molecule has 0 radical (unpaired) electrons. The van der Waals surface area contributed by atoms with E-state index in [9.17, 15) is 18.3 Å². The molecule has 8 heteroatoms. The lowest BCUT2D eigenvalue weighted by Crippen LogP contribution is -2.45. The lowest BCUT2D eigenvalue weighted by Gasteiger charge is -2.41. The summed E-state index contributed by atoms with van der Waals surface area (Å²) in [6.07, 6.45) is 2.56. The highest BCUT2D eigenvalue weighted by atomic mass is 32.2. The molecule has 1 saturated heterocycles. The molecular formula is C25H30N2O4S2. The second-order valence-electron chi connectivity index (χ2n) is 9.46. The minimum atomic E-state index is -3.56. The van der Waals surface area contributed by atoms with E-state index in [0.717, 1.165) is 24.0 Å². The predicted molar refractivity (Wildman–Crippen MR) is 131 cm³/mol. The number of fused-ring (bicyclic) bond motifs is 1. The zero-order valence-corrected chi connectivity index (χ0v) is 20.7. The first-order valence-corrected chi connectivity index (χ1v) is 13.8. The predicted octanol–water partition coefficient (Wildman–Crippen LogP) is 4.53. The highest BCUT2D eigenvalue weighted by Crippen LogP contribution is 2.37. The molecule has 1 aliphatic rings. The summed E-state index contributed by atoms with van der Waals surface area (Å²) < 4.78 is 26.9. The van der Waals surface area contributed by atoms with Crippen LogP contribution in [-0.2, 0) is 15.6 Å². The van der Waals surface area contributed by atoms with Crippen LogP contribution in [0.1, 0.15) is 49.0 Å². The van der Waals surface area contributed by atoms with Gasteiger partial charge in [0.25, 0.3) is 5.91 Å². The van der Waals surface area contributed by atoms with Crippen molar-refractivity contribution in [1.29, 1.82) is 0 Å². The van der Waals surface area contributed by atoms with E-state index in [1.807, 2.05) is 11.0 Å². The third kappa shape index (κ3) is 5.13. The van der Waals surface area contributed by atoms with E-state index >= 15 is 0 Å². The molecular weight excluding hydrogens is 456 g/mol. The fourth-order valence-corrected chi connectivity index (χ4v) is 7.11. The lowest BCUT2D eigenvalue weighted by atomic mass is 9.73. The monoisotopic (exact) mass is 486 g/mol. The molecule has 0 spiro atoms. The van der Waals surface area contributed by atoms with Crippen LogP contribution in [0.15, 0.2) is 52.9 Å². The van der Waals surface area contributed by atoms with Gasteiger partial charge in [0.1, 0.15) is 0 Å². The van der Waals surface area contributed by atoms with Crippen molar-refractivity contribution in [3.8, 4) is 0 Å². The van der Waals surface area contributed by atoms with Crippen molar-refractivity contribution in [2.45, 2.75) is 43.8 Å². The van der Waals surface area contributed by atoms with Gasteiger partial charge in [-0.2, -0.15) is 0 Å². The fraction of sp³-hybridized carbons (Fsp3) is 0.440. The minimum Gasteiger partial charge on any atom is -0.396 e. The quantitative estimate of drug-likeness (QED) is 0.530. The number of hydrogen-bond acceptors (Lipinski definition) is 6. The Labute approximate surface area is 199 Å². The molecule has 3 aromatic rings. The highest BCUT2D eigenvalue weighted by molar-refractivity contribution is 7.90. The summed E-state index contributed by atoms with van der Waals surface area (Å²) in [6.45, 7) is 5.73. The van der Waals surface area contributed by atoms with E-state index in [2.05, 4.69) is 18.8 Å². The number of aromatic nitrogens is 1. The van der Waals surface area contributed by atoms with Gasteiger partial charge in [-0.05, 0) is 60.4 Å². The number of sulfone groups is 1. The summed E-state index contributed by atoms with van der Waals surface area (Å²) in [5.74, 6) is 0.314. The Morgan fingerprint density at radius 2 is 1.85 bits per heavy atom. The highest BCUT2D eigenvalue weighted by Gasteiger charge is 2.36. The van der Waals surface area contributed by atoms with Gasteiger partial charge in [-0.25, -0.2) is 13.4 Å². The summed E-state index contributed by atoms with van der Waals surface area (Å²) in [5, 5.41) is 9.93. The number of carbonyl (C=O) groups is 1. The first-order chi connectivity index (χ1) is 15.7. The van der Waals surface area contributed by atoms with Crippen molar-refractivity contribution in [3.63, 3.8) is 0 Å². The van der Waals surface area contributed by atoms with E-state index in [1.54, 1.807) is 41.9 Å². The molecule has 1 fully saturated rings. The summed E-state index contributed by atoms with van der Waals surface area (Å²) >= 11 is 1.41. The van der Waals surface area contributed by atoms with Gasteiger partial charge in [0, 0.05) is 25.3 Å². The van der Waals surface area contributed by atoms with Crippen LogP contribution in [0.25, 0.3) is 10.2 Å². The number of carbonyl (C=O) groups excluding carboxylic acids is 1. The number of benzene rings is 2. The molecule has 1 aromatic heterocycles. The van der Waals surface area contributed by atoms with Gasteiger partial charge in [0.15, 0.2) is 9.84 Å². The van der Waals surface area contributed by atoms with Crippen molar-refractivity contribution in [2.75, 3.05) is 19.7 Å². The molecule has 1 N–H and O–H groups in total. The number of likely N-dealkylation sites (tertiary alicyclic amines) is 1. The van der Waals surface area contributed by atoms with Crippen LogP contribution in [0.2, 0.25) is 0 Å². The minimum absolute atomic E-state index is 0.0484. The van der Waals surface area contributed by atoms with Crippen LogP contribution < -0.4 is 0 Å². The average molecular weight is 487 g/mol.